The minimum atomic E-state index is -3.69. The first-order valence-corrected chi connectivity index (χ1v) is 7.11. The van der Waals surface area contributed by atoms with Gasteiger partial charge in [0.05, 0.1) is 11.4 Å². The fourth-order valence-electron chi connectivity index (χ4n) is 1.10. The topological polar surface area (TPSA) is 89.3 Å². The lowest BCUT2D eigenvalue weighted by Gasteiger charge is -2.21. The fourth-order valence-corrected chi connectivity index (χ4v) is 1.49. The van der Waals surface area contributed by atoms with Gasteiger partial charge in [0.15, 0.2) is 9.84 Å². The predicted molar refractivity (Wildman–Crippen MR) is 68.3 cm³/mol. The van der Waals surface area contributed by atoms with Gasteiger partial charge in [-0.1, -0.05) is 0 Å². The normalized spacial score (nSPS) is 12.3. The lowest BCUT2D eigenvalue weighted by molar-refractivity contribution is -0.117. The van der Waals surface area contributed by atoms with Gasteiger partial charge in [0.1, 0.15) is 16.4 Å². The van der Waals surface area contributed by atoms with Crippen LogP contribution < -0.4 is 11.1 Å². The molecule has 0 aliphatic carbocycles. The van der Waals surface area contributed by atoms with Crippen LogP contribution in [0.1, 0.15) is 13.8 Å². The number of rotatable bonds is 3. The summed E-state index contributed by atoms with van der Waals surface area (Å²) >= 11 is 0. The summed E-state index contributed by atoms with van der Waals surface area (Å²) in [4.78, 5) is 11.8. The summed E-state index contributed by atoms with van der Waals surface area (Å²) in [6.07, 6.45) is 0.891. The van der Waals surface area contributed by atoms with Gasteiger partial charge < -0.3 is 11.1 Å². The van der Waals surface area contributed by atoms with Crippen LogP contribution in [-0.4, -0.2) is 25.3 Å². The van der Waals surface area contributed by atoms with E-state index in [-0.39, 0.29) is 11.4 Å². The Kier molecular flexibility index (Phi) is 3.85. The quantitative estimate of drug-likeness (QED) is 0.822. The number of anilines is 2. The second kappa shape index (κ2) is 4.76. The van der Waals surface area contributed by atoms with Gasteiger partial charge in [-0.05, 0) is 19.9 Å². The van der Waals surface area contributed by atoms with Gasteiger partial charge in [0.2, 0.25) is 5.91 Å². The summed E-state index contributed by atoms with van der Waals surface area (Å²) in [5, 5.41) is 2.09. The minimum Gasteiger partial charge on any atom is -0.396 e. The summed E-state index contributed by atoms with van der Waals surface area (Å²) in [6, 6.07) is 1.40. The molecule has 1 aromatic carbocycles. The zero-order valence-electron chi connectivity index (χ0n) is 10.6. The number of carbonyl (C=O) groups is 1. The zero-order chi connectivity index (χ0) is 15.0. The summed E-state index contributed by atoms with van der Waals surface area (Å²) in [6.45, 7) is 2.37. The van der Waals surface area contributed by atoms with E-state index in [1.807, 2.05) is 0 Å². The number of carbonyl (C=O) groups excluding carboxylic acids is 1. The van der Waals surface area contributed by atoms with E-state index < -0.39 is 32.1 Å². The summed E-state index contributed by atoms with van der Waals surface area (Å²) in [5.41, 5.74) is 4.52. The van der Waals surface area contributed by atoms with Crippen LogP contribution in [0.25, 0.3) is 0 Å². The molecule has 0 aromatic heterocycles. The highest BCUT2D eigenvalue weighted by atomic mass is 32.2. The predicted octanol–water partition coefficient (Wildman–Crippen LogP) is 1.31. The molecule has 0 spiro atoms. The Morgan fingerprint density at radius 2 is 1.79 bits per heavy atom. The lowest BCUT2D eigenvalue weighted by Crippen LogP contribution is -2.44. The number of nitrogen functional groups attached to an aromatic ring is 1. The van der Waals surface area contributed by atoms with E-state index in [0.29, 0.717) is 6.07 Å². The maximum Gasteiger partial charge on any atom is 0.245 e. The number of benzene rings is 1. The molecular weight excluding hydrogens is 278 g/mol. The molecule has 19 heavy (non-hydrogen) atoms. The minimum absolute atomic E-state index is 0.353. The molecule has 0 saturated carbocycles. The van der Waals surface area contributed by atoms with Crippen molar-refractivity contribution in [3.8, 4) is 0 Å². The number of halogens is 2. The van der Waals surface area contributed by atoms with E-state index >= 15 is 0 Å². The Balaban J connectivity index is 3.11. The summed E-state index contributed by atoms with van der Waals surface area (Å²) in [7, 11) is -3.69. The number of hydrogen-bond acceptors (Lipinski definition) is 4. The molecular formula is C11H14F2N2O3S. The summed E-state index contributed by atoms with van der Waals surface area (Å²) in [5.74, 6) is -2.93. The smallest absolute Gasteiger partial charge is 0.245 e. The summed E-state index contributed by atoms with van der Waals surface area (Å²) < 4.78 is 47.5. The number of nitrogens with two attached hydrogens (primary N) is 1. The van der Waals surface area contributed by atoms with Crippen LogP contribution in [-0.2, 0) is 14.6 Å². The average Bonchev–Trinajstić information content (AvgIpc) is 2.24. The highest BCUT2D eigenvalue weighted by Gasteiger charge is 2.38. The van der Waals surface area contributed by atoms with Gasteiger partial charge >= 0.3 is 0 Å². The van der Waals surface area contributed by atoms with Gasteiger partial charge in [-0.25, -0.2) is 17.2 Å². The molecule has 5 nitrogen and oxygen atoms in total. The van der Waals surface area contributed by atoms with Crippen molar-refractivity contribution in [2.24, 2.45) is 0 Å². The molecule has 0 aliphatic heterocycles. The van der Waals surface area contributed by atoms with Gasteiger partial charge in [0.25, 0.3) is 0 Å². The van der Waals surface area contributed by atoms with E-state index in [2.05, 4.69) is 5.32 Å². The van der Waals surface area contributed by atoms with Crippen LogP contribution in [0.15, 0.2) is 12.1 Å². The van der Waals surface area contributed by atoms with Crippen molar-refractivity contribution >= 4 is 27.1 Å². The van der Waals surface area contributed by atoms with Crippen LogP contribution in [0.2, 0.25) is 0 Å². The molecule has 8 heteroatoms. The van der Waals surface area contributed by atoms with Crippen molar-refractivity contribution in [1.82, 2.24) is 0 Å². The molecule has 0 aliphatic rings. The molecule has 106 valence electrons. The first-order valence-electron chi connectivity index (χ1n) is 5.22. The molecule has 1 amide bonds. The van der Waals surface area contributed by atoms with Crippen molar-refractivity contribution in [2.75, 3.05) is 17.3 Å². The van der Waals surface area contributed by atoms with Crippen LogP contribution in [0, 0.1) is 11.6 Å². The van der Waals surface area contributed by atoms with Crippen LogP contribution >= 0.6 is 0 Å². The highest BCUT2D eigenvalue weighted by molar-refractivity contribution is 7.92. The molecule has 0 bridgehead atoms. The van der Waals surface area contributed by atoms with E-state index in [4.69, 9.17) is 5.73 Å². The van der Waals surface area contributed by atoms with Crippen molar-refractivity contribution in [3.05, 3.63) is 23.8 Å². The molecule has 0 heterocycles. The highest BCUT2D eigenvalue weighted by Crippen LogP contribution is 2.24. The third-order valence-corrected chi connectivity index (χ3v) is 4.85. The molecule has 0 unspecified atom stereocenters. The second-order valence-electron chi connectivity index (χ2n) is 4.59. The van der Waals surface area contributed by atoms with E-state index in [1.165, 1.54) is 13.8 Å². The average molecular weight is 292 g/mol. The number of nitrogens with one attached hydrogen (secondary N) is 1. The Morgan fingerprint density at radius 3 is 2.26 bits per heavy atom. The maximum atomic E-state index is 13.4. The Hall–Kier alpha value is -1.70. The lowest BCUT2D eigenvalue weighted by atomic mass is 10.2. The molecule has 0 atom stereocenters. The Morgan fingerprint density at radius 1 is 1.26 bits per heavy atom. The monoisotopic (exact) mass is 292 g/mol. The van der Waals surface area contributed by atoms with Gasteiger partial charge in [0, 0.05) is 12.3 Å². The van der Waals surface area contributed by atoms with Gasteiger partial charge in [-0.15, -0.1) is 0 Å². The zero-order valence-corrected chi connectivity index (χ0v) is 11.4. The molecule has 1 rings (SSSR count). The molecule has 3 N–H and O–H groups in total. The SMILES string of the molecule is CC(C)(C(=O)Nc1cc(N)c(F)cc1F)S(C)(=O)=O. The second-order valence-corrected chi connectivity index (χ2v) is 7.16. The van der Waals surface area contributed by atoms with E-state index in [0.717, 1.165) is 12.3 Å². The standard InChI is InChI=1S/C11H14F2N2O3S/c1-11(2,19(3,17)18)10(16)15-9-5-8(14)6(12)4-7(9)13/h4-5H,14H2,1-3H3,(H,15,16). The van der Waals surface area contributed by atoms with E-state index in [9.17, 15) is 22.0 Å². The van der Waals surface area contributed by atoms with Gasteiger partial charge in [-0.3, -0.25) is 4.79 Å². The van der Waals surface area contributed by atoms with E-state index in [1.54, 1.807) is 0 Å². The molecule has 0 radical (unpaired) electrons. The third-order valence-electron chi connectivity index (χ3n) is 2.81. The number of hydrogen-bond donors (Lipinski definition) is 2. The van der Waals surface area contributed by atoms with Crippen LogP contribution in [0.5, 0.6) is 0 Å². The Labute approximate surface area is 109 Å². The molecule has 1 aromatic rings. The largest absolute Gasteiger partial charge is 0.396 e. The van der Waals surface area contributed by atoms with Crippen LogP contribution in [0.3, 0.4) is 0 Å². The number of amides is 1. The maximum absolute atomic E-state index is 13.4. The third kappa shape index (κ3) is 3.01. The van der Waals surface area contributed by atoms with Crippen molar-refractivity contribution < 1.29 is 22.0 Å². The van der Waals surface area contributed by atoms with Crippen LogP contribution in [0.4, 0.5) is 20.2 Å². The first-order chi connectivity index (χ1) is 8.46. The number of sulfone groups is 1. The molecule has 0 saturated heterocycles. The van der Waals surface area contributed by atoms with Crippen molar-refractivity contribution in [1.29, 1.82) is 0 Å². The van der Waals surface area contributed by atoms with Gasteiger partial charge in [-0.2, -0.15) is 0 Å². The van der Waals surface area contributed by atoms with Crippen molar-refractivity contribution in [2.45, 2.75) is 18.6 Å². The Bertz CT molecular complexity index is 627. The molecule has 0 fully saturated rings. The first kappa shape index (κ1) is 15.4. The van der Waals surface area contributed by atoms with Crippen molar-refractivity contribution in [3.63, 3.8) is 0 Å². The fraction of sp³-hybridized carbons (Fsp3) is 0.364.